The maximum absolute atomic E-state index is 14.8. The summed E-state index contributed by atoms with van der Waals surface area (Å²) in [7, 11) is 0. The van der Waals surface area contributed by atoms with Crippen molar-refractivity contribution in [1.82, 2.24) is 9.97 Å². The third-order valence-corrected chi connectivity index (χ3v) is 6.36. The summed E-state index contributed by atoms with van der Waals surface area (Å²) in [6, 6.07) is 6.70. The highest BCUT2D eigenvalue weighted by atomic mass is 19.1. The minimum Gasteiger partial charge on any atom is -0.487 e. The van der Waals surface area contributed by atoms with Crippen LogP contribution in [0.1, 0.15) is 51.7 Å². The van der Waals surface area contributed by atoms with Gasteiger partial charge >= 0.3 is 0 Å². The lowest BCUT2D eigenvalue weighted by molar-refractivity contribution is 0.207. The van der Waals surface area contributed by atoms with Crippen molar-refractivity contribution in [1.29, 1.82) is 0 Å². The van der Waals surface area contributed by atoms with E-state index < -0.39 is 23.2 Å². The monoisotopic (exact) mass is 510 g/mol. The van der Waals surface area contributed by atoms with E-state index in [1.54, 1.807) is 12.3 Å². The molecule has 37 heavy (non-hydrogen) atoms. The lowest BCUT2D eigenvalue weighted by atomic mass is 9.98. The average Bonchev–Trinajstić information content (AvgIpc) is 2.87. The predicted octanol–water partition coefficient (Wildman–Crippen LogP) is 6.64. The Hall–Kier alpha value is -3.42. The number of nitrogens with zero attached hydrogens (tertiary/aromatic N) is 4. The summed E-state index contributed by atoms with van der Waals surface area (Å²) < 4.78 is 50.0. The zero-order valence-electron chi connectivity index (χ0n) is 21.8. The molecule has 0 bridgehead atoms. The number of hydrogen-bond donors (Lipinski definition) is 0. The second-order valence-electron chi connectivity index (χ2n) is 10.4. The van der Waals surface area contributed by atoms with Gasteiger partial charge in [0, 0.05) is 37.3 Å². The van der Waals surface area contributed by atoms with Crippen LogP contribution < -0.4 is 9.64 Å². The minimum atomic E-state index is -0.852. The fourth-order valence-corrected chi connectivity index (χ4v) is 4.16. The molecule has 3 aromatic rings. The summed E-state index contributed by atoms with van der Waals surface area (Å²) in [6.07, 6.45) is 7.77. The van der Waals surface area contributed by atoms with Gasteiger partial charge in [0.1, 0.15) is 5.82 Å². The molecule has 0 aliphatic carbocycles. The van der Waals surface area contributed by atoms with E-state index in [0.29, 0.717) is 11.5 Å². The van der Waals surface area contributed by atoms with Gasteiger partial charge in [0.25, 0.3) is 0 Å². The van der Waals surface area contributed by atoms with Crippen molar-refractivity contribution >= 4 is 12.2 Å². The van der Waals surface area contributed by atoms with E-state index in [1.165, 1.54) is 12.1 Å². The van der Waals surface area contributed by atoms with Gasteiger partial charge in [-0.3, -0.25) is 4.99 Å². The van der Waals surface area contributed by atoms with Crippen molar-refractivity contribution < 1.29 is 17.9 Å². The summed E-state index contributed by atoms with van der Waals surface area (Å²) >= 11 is 0. The zero-order valence-corrected chi connectivity index (χ0v) is 21.8. The Labute approximate surface area is 216 Å². The summed E-state index contributed by atoms with van der Waals surface area (Å²) in [5, 5.41) is 0. The first-order valence-electron chi connectivity index (χ1n) is 12.7. The molecule has 0 amide bonds. The first-order valence-corrected chi connectivity index (χ1v) is 12.7. The number of aryl methyl sites for hydroxylation is 1. The lowest BCUT2D eigenvalue weighted by Gasteiger charge is -2.31. The molecule has 1 saturated heterocycles. The molecule has 1 fully saturated rings. The van der Waals surface area contributed by atoms with Crippen LogP contribution in [-0.4, -0.2) is 41.4 Å². The van der Waals surface area contributed by atoms with Crippen LogP contribution in [0.15, 0.2) is 47.7 Å². The van der Waals surface area contributed by atoms with Crippen LogP contribution in [0.5, 0.6) is 5.75 Å². The first-order chi connectivity index (χ1) is 17.6. The summed E-state index contributed by atoms with van der Waals surface area (Å²) in [6.45, 7) is 9.57. The van der Waals surface area contributed by atoms with Gasteiger partial charge in [0.2, 0.25) is 5.95 Å². The first kappa shape index (κ1) is 26.6. The Morgan fingerprint density at radius 2 is 1.65 bits per heavy atom. The van der Waals surface area contributed by atoms with Gasteiger partial charge in [-0.1, -0.05) is 19.1 Å². The van der Waals surface area contributed by atoms with Gasteiger partial charge < -0.3 is 9.64 Å². The molecule has 0 unspecified atom stereocenters. The Bertz CT molecular complexity index is 1220. The summed E-state index contributed by atoms with van der Waals surface area (Å²) in [5.41, 5.74) is 1.60. The van der Waals surface area contributed by atoms with E-state index in [9.17, 15) is 13.2 Å². The summed E-state index contributed by atoms with van der Waals surface area (Å²) in [5.74, 6) is -1.86. The van der Waals surface area contributed by atoms with Crippen molar-refractivity contribution in [3.05, 3.63) is 71.3 Å². The van der Waals surface area contributed by atoms with Crippen LogP contribution in [-0.2, 0) is 6.42 Å². The average molecular weight is 511 g/mol. The van der Waals surface area contributed by atoms with Gasteiger partial charge in [0.05, 0.1) is 12.1 Å². The highest BCUT2D eigenvalue weighted by Crippen LogP contribution is 2.32. The van der Waals surface area contributed by atoms with E-state index in [-0.39, 0.29) is 29.2 Å². The largest absolute Gasteiger partial charge is 0.487 e. The molecule has 0 atom stereocenters. The van der Waals surface area contributed by atoms with E-state index in [4.69, 9.17) is 4.74 Å². The molecule has 2 aromatic carbocycles. The smallest absolute Gasteiger partial charge is 0.225 e. The number of benzene rings is 2. The highest BCUT2D eigenvalue weighted by Gasteiger charge is 2.23. The fourth-order valence-electron chi connectivity index (χ4n) is 4.16. The number of halogens is 3. The van der Waals surface area contributed by atoms with Crippen molar-refractivity contribution in [3.8, 4) is 16.9 Å². The number of anilines is 1. The van der Waals surface area contributed by atoms with E-state index >= 15 is 0 Å². The Morgan fingerprint density at radius 3 is 2.22 bits per heavy atom. The normalized spacial score (nSPS) is 14.9. The maximum atomic E-state index is 14.8. The molecule has 1 aromatic heterocycles. The molecule has 1 aliphatic rings. The molecule has 0 N–H and O–H groups in total. The molecule has 0 radical (unpaired) electrons. The van der Waals surface area contributed by atoms with Crippen LogP contribution in [0.2, 0.25) is 0 Å². The van der Waals surface area contributed by atoms with Crippen molar-refractivity contribution in [2.75, 3.05) is 24.6 Å². The Morgan fingerprint density at radius 1 is 1.00 bits per heavy atom. The number of ether oxygens (including phenoxy) is 1. The molecule has 8 heteroatoms. The highest BCUT2D eigenvalue weighted by molar-refractivity contribution is 5.81. The van der Waals surface area contributed by atoms with Gasteiger partial charge in [-0.2, -0.15) is 0 Å². The van der Waals surface area contributed by atoms with Crippen molar-refractivity contribution in [2.45, 2.75) is 52.5 Å². The maximum Gasteiger partial charge on any atom is 0.225 e. The topological polar surface area (TPSA) is 50.6 Å². The van der Waals surface area contributed by atoms with Gasteiger partial charge in [-0.05, 0) is 80.8 Å². The van der Waals surface area contributed by atoms with Gasteiger partial charge in [-0.25, -0.2) is 23.1 Å². The number of hydrogen-bond acceptors (Lipinski definition) is 5. The van der Waals surface area contributed by atoms with Gasteiger partial charge in [0.15, 0.2) is 17.4 Å². The van der Waals surface area contributed by atoms with E-state index in [1.807, 2.05) is 33.2 Å². The quantitative estimate of drug-likeness (QED) is 0.335. The van der Waals surface area contributed by atoms with Crippen molar-refractivity contribution in [2.24, 2.45) is 10.9 Å². The zero-order chi connectivity index (χ0) is 26.6. The van der Waals surface area contributed by atoms with Crippen LogP contribution in [0, 0.1) is 23.4 Å². The SMILES string of the molecule is CCc1cnc(N2CCC(COc3c(F)cc(-c4ccc(C=NC(C)(C)C)cc4F)cc3F)CC2)nc1. The fraction of sp³-hybridized carbons (Fsp3) is 0.414. The number of rotatable bonds is 7. The van der Waals surface area contributed by atoms with Crippen LogP contribution in [0.3, 0.4) is 0 Å². The number of aromatic nitrogens is 2. The van der Waals surface area contributed by atoms with Crippen molar-refractivity contribution in [3.63, 3.8) is 0 Å². The minimum absolute atomic E-state index is 0.110. The van der Waals surface area contributed by atoms with Crippen LogP contribution >= 0.6 is 0 Å². The molecule has 2 heterocycles. The molecule has 0 saturated carbocycles. The Kier molecular flexibility index (Phi) is 8.15. The second kappa shape index (κ2) is 11.3. The molecular formula is C29H33F3N4O. The molecule has 196 valence electrons. The third kappa shape index (κ3) is 6.87. The second-order valence-corrected chi connectivity index (χ2v) is 10.4. The van der Waals surface area contributed by atoms with E-state index in [0.717, 1.165) is 50.0 Å². The Balaban J connectivity index is 1.37. The van der Waals surface area contributed by atoms with Gasteiger partial charge in [-0.15, -0.1) is 0 Å². The number of aliphatic imine (C=N–C) groups is 1. The molecular weight excluding hydrogens is 477 g/mol. The molecule has 1 aliphatic heterocycles. The molecule has 0 spiro atoms. The lowest BCUT2D eigenvalue weighted by Crippen LogP contribution is -2.36. The third-order valence-electron chi connectivity index (χ3n) is 6.36. The molecule has 4 rings (SSSR count). The standard InChI is InChI=1S/C29H33F3N4O/c1-5-19-15-33-28(34-16-19)36-10-8-20(9-11-36)18-37-27-25(31)13-22(14-26(27)32)23-7-6-21(12-24(23)30)17-35-29(2,3)4/h6-7,12-17,20H,5,8-11,18H2,1-4H3. The molecule has 5 nitrogen and oxygen atoms in total. The van der Waals surface area contributed by atoms with Crippen LogP contribution in [0.4, 0.5) is 19.1 Å². The van der Waals surface area contributed by atoms with Crippen LogP contribution in [0.25, 0.3) is 11.1 Å². The van der Waals surface area contributed by atoms with E-state index in [2.05, 4.69) is 26.8 Å². The summed E-state index contributed by atoms with van der Waals surface area (Å²) in [4.78, 5) is 15.3. The predicted molar refractivity (Wildman–Crippen MR) is 141 cm³/mol. The number of piperidine rings is 1.